The van der Waals surface area contributed by atoms with Crippen molar-refractivity contribution in [3.8, 4) is 0 Å². The molecular formula is C16H23N5O2. The average Bonchev–Trinajstić information content (AvgIpc) is 2.88. The zero-order chi connectivity index (χ0) is 16.4. The number of carbonyl (C=O) groups is 2. The zero-order valence-corrected chi connectivity index (χ0v) is 13.7. The first-order valence-corrected chi connectivity index (χ1v) is 8.15. The number of hydrogen-bond donors (Lipinski definition) is 1. The second-order valence-corrected chi connectivity index (χ2v) is 6.41. The van der Waals surface area contributed by atoms with Crippen LogP contribution in [0.25, 0.3) is 0 Å². The second kappa shape index (κ2) is 6.62. The largest absolute Gasteiger partial charge is 0.348 e. The van der Waals surface area contributed by atoms with Gasteiger partial charge < -0.3 is 10.2 Å². The number of aromatic nitrogens is 2. The lowest BCUT2D eigenvalue weighted by Crippen LogP contribution is -2.50. The first-order chi connectivity index (χ1) is 11.0. The van der Waals surface area contributed by atoms with Crippen molar-refractivity contribution in [3.63, 3.8) is 0 Å². The summed E-state index contributed by atoms with van der Waals surface area (Å²) in [6.07, 6.45) is 2.63. The van der Waals surface area contributed by atoms with Gasteiger partial charge in [-0.1, -0.05) is 0 Å². The number of hydrogen-bond acceptors (Lipinski definition) is 5. The molecule has 3 rings (SSSR count). The predicted octanol–water partition coefficient (Wildman–Crippen LogP) is 0.210. The Morgan fingerprint density at radius 2 is 1.91 bits per heavy atom. The van der Waals surface area contributed by atoms with Crippen LogP contribution in [0, 0.1) is 6.92 Å². The normalized spacial score (nSPS) is 23.3. The molecule has 0 bridgehead atoms. The molecule has 0 spiro atoms. The lowest BCUT2D eigenvalue weighted by Gasteiger charge is -2.35. The summed E-state index contributed by atoms with van der Waals surface area (Å²) in [4.78, 5) is 28.3. The van der Waals surface area contributed by atoms with Crippen molar-refractivity contribution in [1.82, 2.24) is 25.3 Å². The summed E-state index contributed by atoms with van der Waals surface area (Å²) >= 11 is 0. The van der Waals surface area contributed by atoms with Crippen LogP contribution in [-0.2, 0) is 4.79 Å². The van der Waals surface area contributed by atoms with E-state index in [2.05, 4.69) is 20.4 Å². The summed E-state index contributed by atoms with van der Waals surface area (Å²) < 4.78 is 0. The van der Waals surface area contributed by atoms with Crippen LogP contribution in [0.2, 0.25) is 0 Å². The highest BCUT2D eigenvalue weighted by Gasteiger charge is 2.35. The van der Waals surface area contributed by atoms with Gasteiger partial charge in [-0.25, -0.2) is 0 Å². The smallest absolute Gasteiger partial charge is 0.272 e. The number of aryl methyl sites for hydroxylation is 1. The number of nitrogens with zero attached hydrogens (tertiary/aromatic N) is 4. The first kappa shape index (κ1) is 15.9. The van der Waals surface area contributed by atoms with Gasteiger partial charge in [-0.3, -0.25) is 14.5 Å². The van der Waals surface area contributed by atoms with E-state index >= 15 is 0 Å². The van der Waals surface area contributed by atoms with E-state index < -0.39 is 0 Å². The van der Waals surface area contributed by atoms with E-state index in [1.165, 1.54) is 0 Å². The fourth-order valence-electron chi connectivity index (χ4n) is 3.28. The first-order valence-electron chi connectivity index (χ1n) is 8.15. The summed E-state index contributed by atoms with van der Waals surface area (Å²) in [5.41, 5.74) is 1.15. The molecule has 0 radical (unpaired) electrons. The third kappa shape index (κ3) is 3.50. The fraction of sp³-hybridized carbons (Fsp3) is 0.625. The SMILES string of the molecule is Cc1ccc(C(=O)NC2CCN([C@@H]3CCN(C)C3=O)CC2)nn1. The summed E-state index contributed by atoms with van der Waals surface area (Å²) in [7, 11) is 1.86. The van der Waals surface area contributed by atoms with E-state index in [9.17, 15) is 9.59 Å². The molecule has 2 aliphatic rings. The van der Waals surface area contributed by atoms with Crippen LogP contribution in [0.15, 0.2) is 12.1 Å². The van der Waals surface area contributed by atoms with Crippen LogP contribution in [0.1, 0.15) is 35.4 Å². The van der Waals surface area contributed by atoms with Gasteiger partial charge in [0.1, 0.15) is 0 Å². The van der Waals surface area contributed by atoms with Crippen LogP contribution in [-0.4, -0.2) is 70.6 Å². The Labute approximate surface area is 136 Å². The third-order valence-corrected chi connectivity index (χ3v) is 4.74. The maximum absolute atomic E-state index is 12.2. The maximum atomic E-state index is 12.2. The number of carbonyl (C=O) groups excluding carboxylic acids is 2. The van der Waals surface area contributed by atoms with Crippen LogP contribution in [0.4, 0.5) is 0 Å². The van der Waals surface area contributed by atoms with E-state index in [0.717, 1.165) is 44.6 Å². The fourth-order valence-corrected chi connectivity index (χ4v) is 3.28. The second-order valence-electron chi connectivity index (χ2n) is 6.41. The Morgan fingerprint density at radius 3 is 2.48 bits per heavy atom. The highest BCUT2D eigenvalue weighted by atomic mass is 16.2. The standard InChI is InChI=1S/C16H23N5O2/c1-11-3-4-13(19-18-11)15(22)17-12-5-9-21(10-6-12)14-7-8-20(2)16(14)23/h3-4,12,14H,5-10H2,1-2H3,(H,17,22)/t14-/m1/s1. The summed E-state index contributed by atoms with van der Waals surface area (Å²) in [5, 5.41) is 10.9. The number of amides is 2. The highest BCUT2D eigenvalue weighted by molar-refractivity contribution is 5.92. The molecule has 0 saturated carbocycles. The molecule has 0 aromatic carbocycles. The maximum Gasteiger partial charge on any atom is 0.272 e. The van der Waals surface area contributed by atoms with Crippen molar-refractivity contribution in [2.45, 2.75) is 38.3 Å². The summed E-state index contributed by atoms with van der Waals surface area (Å²) in [6.45, 7) is 4.36. The van der Waals surface area contributed by atoms with Crippen molar-refractivity contribution >= 4 is 11.8 Å². The predicted molar refractivity (Wildman–Crippen MR) is 84.9 cm³/mol. The van der Waals surface area contributed by atoms with Crippen molar-refractivity contribution in [1.29, 1.82) is 0 Å². The van der Waals surface area contributed by atoms with E-state index in [1.54, 1.807) is 17.0 Å². The molecule has 1 aromatic rings. The molecular weight excluding hydrogens is 294 g/mol. The van der Waals surface area contributed by atoms with E-state index in [-0.39, 0.29) is 23.9 Å². The van der Waals surface area contributed by atoms with Crippen LogP contribution in [0.3, 0.4) is 0 Å². The molecule has 23 heavy (non-hydrogen) atoms. The molecule has 2 fully saturated rings. The summed E-state index contributed by atoms with van der Waals surface area (Å²) in [5.74, 6) is 0.0510. The molecule has 1 aromatic heterocycles. The molecule has 0 unspecified atom stereocenters. The Hall–Kier alpha value is -2.02. The number of nitrogens with one attached hydrogen (secondary N) is 1. The number of likely N-dealkylation sites (N-methyl/N-ethyl adjacent to an activating group) is 1. The van der Waals surface area contributed by atoms with Crippen molar-refractivity contribution in [2.24, 2.45) is 0 Å². The van der Waals surface area contributed by atoms with Gasteiger partial charge in [0.2, 0.25) is 5.91 Å². The molecule has 2 aliphatic heterocycles. The van der Waals surface area contributed by atoms with E-state index in [1.807, 2.05) is 14.0 Å². The van der Waals surface area contributed by atoms with Gasteiger partial charge in [-0.05, 0) is 38.3 Å². The van der Waals surface area contributed by atoms with Crippen molar-refractivity contribution in [2.75, 3.05) is 26.7 Å². The molecule has 2 amide bonds. The zero-order valence-electron chi connectivity index (χ0n) is 13.7. The monoisotopic (exact) mass is 317 g/mol. The van der Waals surface area contributed by atoms with E-state index in [0.29, 0.717) is 5.69 Å². The molecule has 3 heterocycles. The molecule has 0 aliphatic carbocycles. The molecule has 2 saturated heterocycles. The Balaban J connectivity index is 1.50. The quantitative estimate of drug-likeness (QED) is 0.862. The van der Waals surface area contributed by atoms with Gasteiger partial charge in [0, 0.05) is 32.7 Å². The van der Waals surface area contributed by atoms with Gasteiger partial charge in [-0.2, -0.15) is 5.10 Å². The number of likely N-dealkylation sites (tertiary alicyclic amines) is 2. The molecule has 7 heteroatoms. The minimum atomic E-state index is -0.173. The van der Waals surface area contributed by atoms with Crippen LogP contribution < -0.4 is 5.32 Å². The number of piperidine rings is 1. The Morgan fingerprint density at radius 1 is 1.17 bits per heavy atom. The van der Waals surface area contributed by atoms with Crippen molar-refractivity contribution < 1.29 is 9.59 Å². The summed E-state index contributed by atoms with van der Waals surface area (Å²) in [6, 6.07) is 3.64. The number of rotatable bonds is 3. The van der Waals surface area contributed by atoms with Crippen LogP contribution in [0.5, 0.6) is 0 Å². The van der Waals surface area contributed by atoms with Crippen LogP contribution >= 0.6 is 0 Å². The van der Waals surface area contributed by atoms with Gasteiger partial charge in [0.15, 0.2) is 5.69 Å². The topological polar surface area (TPSA) is 78.4 Å². The third-order valence-electron chi connectivity index (χ3n) is 4.74. The minimum Gasteiger partial charge on any atom is -0.348 e. The van der Waals surface area contributed by atoms with Gasteiger partial charge in [0.05, 0.1) is 11.7 Å². The van der Waals surface area contributed by atoms with Crippen molar-refractivity contribution in [3.05, 3.63) is 23.5 Å². The molecule has 7 nitrogen and oxygen atoms in total. The average molecular weight is 317 g/mol. The van der Waals surface area contributed by atoms with Gasteiger partial charge in [0.25, 0.3) is 5.91 Å². The molecule has 124 valence electrons. The van der Waals surface area contributed by atoms with Gasteiger partial charge in [-0.15, -0.1) is 5.10 Å². The highest BCUT2D eigenvalue weighted by Crippen LogP contribution is 2.20. The Kier molecular flexibility index (Phi) is 4.56. The Bertz CT molecular complexity index is 581. The molecule has 1 atom stereocenters. The molecule has 1 N–H and O–H groups in total. The lowest BCUT2D eigenvalue weighted by molar-refractivity contribution is -0.131. The van der Waals surface area contributed by atoms with E-state index in [4.69, 9.17) is 0 Å². The lowest BCUT2D eigenvalue weighted by atomic mass is 10.0. The van der Waals surface area contributed by atoms with Gasteiger partial charge >= 0.3 is 0 Å². The minimum absolute atomic E-state index is 0.0274.